The van der Waals surface area contributed by atoms with Gasteiger partial charge in [0.15, 0.2) is 11.5 Å². The molecule has 0 heterocycles. The molecule has 0 bridgehead atoms. The molecular weight excluding hydrogens is 382 g/mol. The Morgan fingerprint density at radius 3 is 2.41 bits per heavy atom. The molecule has 4 rings (SSSR count). The van der Waals surface area contributed by atoms with Gasteiger partial charge in [-0.3, -0.25) is 0 Å². The zero-order valence-corrected chi connectivity index (χ0v) is 16.9. The quantitative estimate of drug-likeness (QED) is 0.372. The van der Waals surface area contributed by atoms with Crippen LogP contribution in [0.15, 0.2) is 84.9 Å². The minimum atomic E-state index is 0.443. The number of fused-ring (bicyclic) bond motifs is 1. The van der Waals surface area contributed by atoms with E-state index in [1.54, 1.807) is 7.11 Å². The number of methoxy groups -OCH3 is 1. The van der Waals surface area contributed by atoms with Gasteiger partial charge in [-0.2, -0.15) is 0 Å². The van der Waals surface area contributed by atoms with E-state index in [9.17, 15) is 0 Å². The molecule has 0 unspecified atom stereocenters. The highest BCUT2D eigenvalue weighted by Gasteiger charge is 2.11. The molecule has 3 nitrogen and oxygen atoms in total. The van der Waals surface area contributed by atoms with Gasteiger partial charge >= 0.3 is 0 Å². The molecule has 0 fully saturated rings. The maximum absolute atomic E-state index is 6.15. The highest BCUT2D eigenvalue weighted by atomic mass is 35.5. The van der Waals surface area contributed by atoms with Gasteiger partial charge in [0.1, 0.15) is 6.61 Å². The van der Waals surface area contributed by atoms with Gasteiger partial charge in [0, 0.05) is 28.2 Å². The molecule has 4 aromatic rings. The molecule has 1 N–H and O–H groups in total. The minimum absolute atomic E-state index is 0.443. The molecule has 0 saturated carbocycles. The van der Waals surface area contributed by atoms with Crippen molar-refractivity contribution in [3.63, 3.8) is 0 Å². The number of para-hydroxylation sites is 1. The molecule has 4 heteroatoms. The Morgan fingerprint density at radius 1 is 0.828 bits per heavy atom. The Balaban J connectivity index is 1.56. The number of nitrogens with one attached hydrogen (secondary N) is 1. The summed E-state index contributed by atoms with van der Waals surface area (Å²) < 4.78 is 11.7. The second-order valence-corrected chi connectivity index (χ2v) is 7.18. The fourth-order valence-electron chi connectivity index (χ4n) is 3.33. The Bertz CT molecular complexity index is 1100. The molecule has 0 amide bonds. The lowest BCUT2D eigenvalue weighted by Crippen LogP contribution is -2.05. The molecule has 0 saturated heterocycles. The smallest absolute Gasteiger partial charge is 0.166 e. The first-order valence-electron chi connectivity index (χ1n) is 9.49. The maximum atomic E-state index is 6.15. The second-order valence-electron chi connectivity index (χ2n) is 6.74. The number of rotatable bonds is 7. The molecule has 4 aromatic carbocycles. The average molecular weight is 404 g/mol. The Labute approximate surface area is 175 Å². The van der Waals surface area contributed by atoms with Crippen LogP contribution in [0.2, 0.25) is 5.02 Å². The summed E-state index contributed by atoms with van der Waals surface area (Å²) in [6, 6.07) is 28.2. The molecule has 0 aromatic heterocycles. The van der Waals surface area contributed by atoms with Gasteiger partial charge in [-0.25, -0.2) is 0 Å². The van der Waals surface area contributed by atoms with Gasteiger partial charge in [-0.15, -0.1) is 0 Å². The van der Waals surface area contributed by atoms with E-state index in [0.717, 1.165) is 28.3 Å². The summed E-state index contributed by atoms with van der Waals surface area (Å²) in [5.74, 6) is 1.47. The Hall–Kier alpha value is -3.17. The molecule has 0 spiro atoms. The monoisotopic (exact) mass is 403 g/mol. The van der Waals surface area contributed by atoms with Gasteiger partial charge in [-0.1, -0.05) is 72.3 Å². The summed E-state index contributed by atoms with van der Waals surface area (Å²) in [5.41, 5.74) is 3.18. The third-order valence-corrected chi connectivity index (χ3v) is 5.09. The molecule has 0 aliphatic rings. The van der Waals surface area contributed by atoms with E-state index in [1.165, 1.54) is 10.8 Å². The number of hydrogen-bond donors (Lipinski definition) is 1. The number of halogens is 1. The lowest BCUT2D eigenvalue weighted by Gasteiger charge is -2.17. The number of ether oxygens (including phenoxy) is 2. The van der Waals surface area contributed by atoms with E-state index in [2.05, 4.69) is 53.8 Å². The summed E-state index contributed by atoms with van der Waals surface area (Å²) in [6.45, 7) is 1.07. The van der Waals surface area contributed by atoms with Crippen molar-refractivity contribution in [2.24, 2.45) is 0 Å². The van der Waals surface area contributed by atoms with E-state index in [-0.39, 0.29) is 0 Å². The zero-order chi connectivity index (χ0) is 20.1. The van der Waals surface area contributed by atoms with Gasteiger partial charge in [0.25, 0.3) is 0 Å². The van der Waals surface area contributed by atoms with Crippen LogP contribution >= 0.6 is 11.6 Å². The van der Waals surface area contributed by atoms with E-state index in [4.69, 9.17) is 21.1 Å². The van der Waals surface area contributed by atoms with Gasteiger partial charge in [-0.05, 0) is 35.2 Å². The van der Waals surface area contributed by atoms with Crippen LogP contribution in [-0.4, -0.2) is 7.11 Å². The van der Waals surface area contributed by atoms with Crippen molar-refractivity contribution >= 4 is 28.1 Å². The first-order chi connectivity index (χ1) is 14.2. The van der Waals surface area contributed by atoms with Gasteiger partial charge in [0.05, 0.1) is 7.11 Å². The Morgan fingerprint density at radius 2 is 1.59 bits per heavy atom. The minimum Gasteiger partial charge on any atom is -0.493 e. The fourth-order valence-corrected chi connectivity index (χ4v) is 3.46. The Kier molecular flexibility index (Phi) is 5.87. The van der Waals surface area contributed by atoms with E-state index < -0.39 is 0 Å². The third kappa shape index (κ3) is 4.47. The summed E-state index contributed by atoms with van der Waals surface area (Å²) in [4.78, 5) is 0. The normalized spacial score (nSPS) is 10.7. The topological polar surface area (TPSA) is 30.5 Å². The molecule has 146 valence electrons. The fraction of sp³-hybridized carbons (Fsp3) is 0.120. The maximum Gasteiger partial charge on any atom is 0.166 e. The number of hydrogen-bond acceptors (Lipinski definition) is 3. The summed E-state index contributed by atoms with van der Waals surface area (Å²) in [5, 5.41) is 6.67. The predicted molar refractivity (Wildman–Crippen MR) is 120 cm³/mol. The van der Waals surface area contributed by atoms with Crippen molar-refractivity contribution in [3.05, 3.63) is 101 Å². The zero-order valence-electron chi connectivity index (χ0n) is 16.2. The lowest BCUT2D eigenvalue weighted by molar-refractivity contribution is 0.281. The van der Waals surface area contributed by atoms with Crippen LogP contribution in [0, 0.1) is 0 Å². The van der Waals surface area contributed by atoms with E-state index in [1.807, 2.05) is 36.4 Å². The van der Waals surface area contributed by atoms with Crippen LogP contribution in [0.25, 0.3) is 10.8 Å². The van der Waals surface area contributed by atoms with Crippen LogP contribution in [0.1, 0.15) is 11.1 Å². The van der Waals surface area contributed by atoms with E-state index >= 15 is 0 Å². The average Bonchev–Trinajstić information content (AvgIpc) is 2.77. The molecule has 0 aliphatic carbocycles. The molecule has 29 heavy (non-hydrogen) atoms. The van der Waals surface area contributed by atoms with Crippen molar-refractivity contribution in [2.75, 3.05) is 12.4 Å². The van der Waals surface area contributed by atoms with Gasteiger partial charge < -0.3 is 14.8 Å². The van der Waals surface area contributed by atoms with Crippen molar-refractivity contribution in [1.82, 2.24) is 0 Å². The third-order valence-electron chi connectivity index (χ3n) is 4.84. The summed E-state index contributed by atoms with van der Waals surface area (Å²) in [7, 11) is 1.66. The van der Waals surface area contributed by atoms with Crippen LogP contribution in [0.3, 0.4) is 0 Å². The van der Waals surface area contributed by atoms with Crippen molar-refractivity contribution in [2.45, 2.75) is 13.2 Å². The van der Waals surface area contributed by atoms with Crippen molar-refractivity contribution in [1.29, 1.82) is 0 Å². The van der Waals surface area contributed by atoms with E-state index in [0.29, 0.717) is 18.2 Å². The standard InChI is InChI=1S/C25H22ClNO2/c1-28-24-11-5-8-20(25(24)29-17-18-12-14-21(26)15-13-18)16-27-23-10-4-7-19-6-2-3-9-22(19)23/h2-15,27H,16-17H2,1H3. The SMILES string of the molecule is COc1cccc(CNc2cccc3ccccc23)c1OCc1ccc(Cl)cc1. The highest BCUT2D eigenvalue weighted by Crippen LogP contribution is 2.33. The van der Waals surface area contributed by atoms with Crippen molar-refractivity contribution < 1.29 is 9.47 Å². The van der Waals surface area contributed by atoms with Crippen LogP contribution in [0.4, 0.5) is 5.69 Å². The summed E-state index contributed by atoms with van der Waals surface area (Å²) in [6.07, 6.45) is 0. The largest absolute Gasteiger partial charge is 0.493 e. The number of benzene rings is 4. The van der Waals surface area contributed by atoms with Gasteiger partial charge in [0.2, 0.25) is 0 Å². The number of anilines is 1. The molecule has 0 atom stereocenters. The summed E-state index contributed by atoms with van der Waals surface area (Å²) >= 11 is 5.97. The van der Waals surface area contributed by atoms with Crippen molar-refractivity contribution in [3.8, 4) is 11.5 Å². The molecular formula is C25H22ClNO2. The van der Waals surface area contributed by atoms with Crippen LogP contribution in [0.5, 0.6) is 11.5 Å². The molecule has 0 radical (unpaired) electrons. The second kappa shape index (κ2) is 8.89. The predicted octanol–water partition coefficient (Wildman–Crippen LogP) is 6.69. The van der Waals surface area contributed by atoms with Crippen LogP contribution < -0.4 is 14.8 Å². The lowest BCUT2D eigenvalue weighted by atomic mass is 10.1. The first kappa shape index (κ1) is 19.2. The highest BCUT2D eigenvalue weighted by molar-refractivity contribution is 6.30. The first-order valence-corrected chi connectivity index (χ1v) is 9.87. The van der Waals surface area contributed by atoms with Crippen LogP contribution in [-0.2, 0) is 13.2 Å². The molecule has 0 aliphatic heterocycles.